The fourth-order valence-corrected chi connectivity index (χ4v) is 5.71. The van der Waals surface area contributed by atoms with Crippen molar-refractivity contribution in [2.75, 3.05) is 46.0 Å². The molecule has 2 N–H and O–H groups in total. The Bertz CT molecular complexity index is 1270. The van der Waals surface area contributed by atoms with E-state index in [1.54, 1.807) is 17.0 Å². The first-order valence-electron chi connectivity index (χ1n) is 13.2. The van der Waals surface area contributed by atoms with Gasteiger partial charge < -0.3 is 19.3 Å². The van der Waals surface area contributed by atoms with E-state index in [0.717, 1.165) is 67.7 Å². The number of benzene rings is 1. The molecule has 3 aliphatic heterocycles. The predicted octanol–water partition coefficient (Wildman–Crippen LogP) is 3.78. The number of nitrogens with two attached hydrogens (primary N) is 1. The van der Waals surface area contributed by atoms with Gasteiger partial charge in [-0.3, -0.25) is 14.7 Å². The predicted molar refractivity (Wildman–Crippen MR) is 141 cm³/mol. The number of rotatable bonds is 7. The van der Waals surface area contributed by atoms with Crippen LogP contribution < -0.4 is 9.88 Å². The van der Waals surface area contributed by atoms with Crippen LogP contribution in [0.15, 0.2) is 46.4 Å². The lowest BCUT2D eigenvalue weighted by Gasteiger charge is -2.24. The Hall–Kier alpha value is -2.95. The first kappa shape index (κ1) is 25.3. The molecule has 2 amide bonds. The molecule has 200 valence electrons. The number of aromatic nitrogens is 1. The van der Waals surface area contributed by atoms with Gasteiger partial charge in [0.1, 0.15) is 5.82 Å². The summed E-state index contributed by atoms with van der Waals surface area (Å²) in [6.07, 6.45) is 4.12. The second-order valence-corrected chi connectivity index (χ2v) is 11.3. The third kappa shape index (κ3) is 5.30. The Morgan fingerprint density at radius 1 is 1.00 bits per heavy atom. The number of halogens is 1. The van der Waals surface area contributed by atoms with Gasteiger partial charge in [0.2, 0.25) is 5.88 Å². The largest absolute Gasteiger partial charge is 0.477 e. The summed E-state index contributed by atoms with van der Waals surface area (Å²) in [4.78, 5) is 35.2. The molecule has 4 aliphatic rings. The van der Waals surface area contributed by atoms with E-state index in [4.69, 9.17) is 19.6 Å². The Balaban J connectivity index is 1.10. The summed E-state index contributed by atoms with van der Waals surface area (Å²) in [5, 5.41) is 5.49. The summed E-state index contributed by atoms with van der Waals surface area (Å²) in [5.74, 6) is 0.371. The van der Waals surface area contributed by atoms with Gasteiger partial charge in [-0.15, -0.1) is 0 Å². The molecule has 8 nitrogen and oxygen atoms in total. The molecular weight excluding hydrogens is 507 g/mol. The molecule has 0 radical (unpaired) electrons. The molecule has 2 fully saturated rings. The third-order valence-electron chi connectivity index (χ3n) is 7.78. The summed E-state index contributed by atoms with van der Waals surface area (Å²) in [7, 11) is 0. The van der Waals surface area contributed by atoms with Gasteiger partial charge in [0.05, 0.1) is 12.2 Å². The lowest BCUT2D eigenvalue weighted by Crippen LogP contribution is -2.36. The van der Waals surface area contributed by atoms with Crippen LogP contribution in [0.2, 0.25) is 0 Å². The van der Waals surface area contributed by atoms with E-state index >= 15 is 0 Å². The van der Waals surface area contributed by atoms with Crippen LogP contribution in [0.1, 0.15) is 58.0 Å². The highest BCUT2D eigenvalue weighted by Gasteiger charge is 2.36. The zero-order chi connectivity index (χ0) is 26.2. The van der Waals surface area contributed by atoms with Gasteiger partial charge in [0.25, 0.3) is 11.8 Å². The first-order valence-corrected chi connectivity index (χ1v) is 14.0. The second-order valence-electron chi connectivity index (χ2n) is 10.5. The molecule has 0 bridgehead atoms. The average Bonchev–Trinajstić information content (AvgIpc) is 3.61. The summed E-state index contributed by atoms with van der Waals surface area (Å²) in [6.45, 7) is 3.82. The second kappa shape index (κ2) is 10.7. The fraction of sp³-hybridized carbons (Fsp3) is 0.464. The molecule has 4 heterocycles. The summed E-state index contributed by atoms with van der Waals surface area (Å²) in [5.41, 5.74) is 3.66. The Morgan fingerprint density at radius 2 is 1.68 bits per heavy atom. The lowest BCUT2D eigenvalue weighted by atomic mass is 10.0. The van der Waals surface area contributed by atoms with Crippen LogP contribution in [0.3, 0.4) is 0 Å². The SMILES string of the molecule is NSc1ccc(C(=O)N2CC3=C(CN(C(=O)c4cc(OCC5CCOCC5)nc(C5CC5)c4)C3)C2)c(F)c1. The van der Waals surface area contributed by atoms with E-state index in [0.29, 0.717) is 61.0 Å². The van der Waals surface area contributed by atoms with E-state index in [2.05, 4.69) is 0 Å². The monoisotopic (exact) mass is 538 g/mol. The number of carbonyl (C=O) groups excluding carboxylic acids is 2. The molecule has 2 aromatic rings. The number of ether oxygens (including phenoxy) is 2. The standard InChI is InChI=1S/C28H31FN4O4S/c29-24-11-22(38-30)3-4-23(24)28(35)33-14-20-12-32(13-21(20)15-33)27(34)19-9-25(18-1-2-18)31-26(10-19)37-16-17-5-7-36-8-6-17/h3-4,9-11,17-18H,1-2,5-8,12-16,30H2. The van der Waals surface area contributed by atoms with Gasteiger partial charge in [0, 0.05) is 67.5 Å². The minimum atomic E-state index is -0.576. The van der Waals surface area contributed by atoms with Crippen LogP contribution in [0.25, 0.3) is 0 Å². The van der Waals surface area contributed by atoms with Crippen molar-refractivity contribution in [3.63, 3.8) is 0 Å². The maximum absolute atomic E-state index is 14.5. The van der Waals surface area contributed by atoms with Gasteiger partial charge in [-0.05, 0) is 79.0 Å². The van der Waals surface area contributed by atoms with Crippen molar-refractivity contribution in [1.29, 1.82) is 0 Å². The van der Waals surface area contributed by atoms with Crippen molar-refractivity contribution in [3.8, 4) is 5.88 Å². The topological polar surface area (TPSA) is 98.0 Å². The highest BCUT2D eigenvalue weighted by Crippen LogP contribution is 2.40. The average molecular weight is 539 g/mol. The molecule has 0 unspecified atom stereocenters. The van der Waals surface area contributed by atoms with Crippen molar-refractivity contribution >= 4 is 23.8 Å². The Kier molecular flexibility index (Phi) is 7.11. The van der Waals surface area contributed by atoms with Gasteiger partial charge in [0.15, 0.2) is 0 Å². The zero-order valence-electron chi connectivity index (χ0n) is 21.2. The van der Waals surface area contributed by atoms with Gasteiger partial charge >= 0.3 is 0 Å². The molecule has 1 saturated carbocycles. The fourth-order valence-electron chi connectivity index (χ4n) is 5.39. The van der Waals surface area contributed by atoms with E-state index in [1.807, 2.05) is 11.0 Å². The highest BCUT2D eigenvalue weighted by molar-refractivity contribution is 7.97. The van der Waals surface area contributed by atoms with Crippen molar-refractivity contribution in [2.45, 2.75) is 36.5 Å². The normalized spacial score (nSPS) is 19.7. The summed E-state index contributed by atoms with van der Waals surface area (Å²) >= 11 is 0.939. The van der Waals surface area contributed by atoms with Crippen molar-refractivity contribution in [2.24, 2.45) is 11.1 Å². The van der Waals surface area contributed by atoms with Crippen molar-refractivity contribution < 1.29 is 23.5 Å². The van der Waals surface area contributed by atoms with Gasteiger partial charge in [-0.2, -0.15) is 0 Å². The minimum absolute atomic E-state index is 0.0366. The molecule has 1 aromatic carbocycles. The highest BCUT2D eigenvalue weighted by atomic mass is 32.2. The molecule has 1 aromatic heterocycles. The molecule has 1 aliphatic carbocycles. The van der Waals surface area contributed by atoms with Crippen LogP contribution in [-0.2, 0) is 4.74 Å². The molecule has 6 rings (SSSR count). The lowest BCUT2D eigenvalue weighted by molar-refractivity contribution is 0.0490. The number of carbonyl (C=O) groups is 2. The van der Waals surface area contributed by atoms with Crippen LogP contribution in [0, 0.1) is 11.7 Å². The van der Waals surface area contributed by atoms with Crippen LogP contribution in [0.5, 0.6) is 5.88 Å². The van der Waals surface area contributed by atoms with Gasteiger partial charge in [-0.25, -0.2) is 9.37 Å². The quantitative estimate of drug-likeness (QED) is 0.423. The van der Waals surface area contributed by atoms with Crippen LogP contribution in [0.4, 0.5) is 4.39 Å². The van der Waals surface area contributed by atoms with Crippen LogP contribution >= 0.6 is 11.9 Å². The van der Waals surface area contributed by atoms with E-state index in [-0.39, 0.29) is 17.4 Å². The van der Waals surface area contributed by atoms with Crippen LogP contribution in [-0.4, -0.2) is 72.6 Å². The number of amides is 2. The molecule has 1 saturated heterocycles. The van der Waals surface area contributed by atoms with Crippen molar-refractivity contribution in [1.82, 2.24) is 14.8 Å². The summed E-state index contributed by atoms with van der Waals surface area (Å²) in [6, 6.07) is 8.08. The molecule has 0 atom stereocenters. The van der Waals surface area contributed by atoms with E-state index < -0.39 is 5.82 Å². The van der Waals surface area contributed by atoms with E-state index in [1.165, 1.54) is 12.1 Å². The maximum atomic E-state index is 14.5. The molecule has 0 spiro atoms. The minimum Gasteiger partial charge on any atom is -0.477 e. The number of pyridine rings is 1. The molecule has 10 heteroatoms. The maximum Gasteiger partial charge on any atom is 0.257 e. The zero-order valence-corrected chi connectivity index (χ0v) is 22.0. The van der Waals surface area contributed by atoms with Crippen molar-refractivity contribution in [3.05, 3.63) is 64.1 Å². The first-order chi connectivity index (χ1) is 18.5. The Morgan fingerprint density at radius 3 is 2.32 bits per heavy atom. The number of hydrogen-bond donors (Lipinski definition) is 1. The van der Waals surface area contributed by atoms with Gasteiger partial charge in [-0.1, -0.05) is 0 Å². The number of nitrogens with zero attached hydrogens (tertiary/aromatic N) is 3. The Labute approximate surface area is 225 Å². The smallest absolute Gasteiger partial charge is 0.257 e. The molecular formula is C28H31FN4O4S. The van der Waals surface area contributed by atoms with E-state index in [9.17, 15) is 14.0 Å². The third-order valence-corrected chi connectivity index (χ3v) is 8.31. The number of hydrogen-bond acceptors (Lipinski definition) is 7. The summed E-state index contributed by atoms with van der Waals surface area (Å²) < 4.78 is 26.0. The molecule has 38 heavy (non-hydrogen) atoms.